The van der Waals surface area contributed by atoms with E-state index in [0.29, 0.717) is 51.1 Å². The Morgan fingerprint density at radius 2 is 2.11 bits per heavy atom. The van der Waals surface area contributed by atoms with Gasteiger partial charge in [-0.05, 0) is 57.0 Å². The van der Waals surface area contributed by atoms with Gasteiger partial charge in [-0.3, -0.25) is 15.4 Å². The van der Waals surface area contributed by atoms with Gasteiger partial charge in [0.1, 0.15) is 0 Å². The lowest BCUT2D eigenvalue weighted by Gasteiger charge is -2.46. The summed E-state index contributed by atoms with van der Waals surface area (Å²) in [5, 5.41) is 23.2. The Morgan fingerprint density at radius 1 is 1.26 bits per heavy atom. The van der Waals surface area contributed by atoms with Crippen LogP contribution in [0.2, 0.25) is 0 Å². The fourth-order valence-electron chi connectivity index (χ4n) is 6.87. The number of fused-ring (bicyclic) bond motifs is 1. The molecule has 3 saturated heterocycles. The summed E-state index contributed by atoms with van der Waals surface area (Å²) in [5.41, 5.74) is 0. The van der Waals surface area contributed by atoms with Gasteiger partial charge in [-0.1, -0.05) is 0 Å². The molecule has 8 atom stereocenters. The van der Waals surface area contributed by atoms with Crippen molar-refractivity contribution in [2.45, 2.75) is 86.8 Å². The molecule has 2 saturated carbocycles. The second-order valence-electron chi connectivity index (χ2n) is 12.0. The number of aliphatic hydroxyl groups is 1. The fourth-order valence-corrected chi connectivity index (χ4v) is 7.40. The van der Waals surface area contributed by atoms with E-state index in [9.17, 15) is 18.7 Å². The summed E-state index contributed by atoms with van der Waals surface area (Å²) in [4.78, 5) is 15.0. The third-order valence-corrected chi connectivity index (χ3v) is 9.64. The number of ether oxygens (including phenoxy) is 2. The maximum atomic E-state index is 13.1. The molecule has 9 nitrogen and oxygen atoms in total. The van der Waals surface area contributed by atoms with Gasteiger partial charge < -0.3 is 30.1 Å². The lowest BCUT2D eigenvalue weighted by atomic mass is 9.73. The fraction of sp³-hybridized carbons (Fsp3) is 0.962. The molecule has 38 heavy (non-hydrogen) atoms. The van der Waals surface area contributed by atoms with E-state index >= 15 is 0 Å². The van der Waals surface area contributed by atoms with E-state index in [1.807, 2.05) is 0 Å². The van der Waals surface area contributed by atoms with Crippen molar-refractivity contribution in [1.29, 1.82) is 0 Å². The highest BCUT2D eigenvalue weighted by atomic mass is 35.5. The Kier molecular flexibility index (Phi) is 9.79. The number of rotatable bonds is 10. The highest BCUT2D eigenvalue weighted by molar-refractivity contribution is 6.21. The number of carbonyl (C=O) groups excluding carboxylic acids is 1. The molecule has 0 aromatic heterocycles. The topological polar surface area (TPSA) is 107 Å². The second-order valence-corrected chi connectivity index (χ2v) is 12.5. The summed E-state index contributed by atoms with van der Waals surface area (Å²) in [5.74, 6) is -1.91. The lowest BCUT2D eigenvalue weighted by molar-refractivity contribution is -0.127. The lowest BCUT2D eigenvalue weighted by Crippen LogP contribution is -2.58. The highest BCUT2D eigenvalue weighted by Crippen LogP contribution is 2.41. The Balaban J connectivity index is 0.983. The summed E-state index contributed by atoms with van der Waals surface area (Å²) in [6, 6.07) is -0.198. The van der Waals surface area contributed by atoms with Crippen LogP contribution in [0, 0.1) is 17.8 Å². The third-order valence-electron chi connectivity index (χ3n) is 9.03. The van der Waals surface area contributed by atoms with Crippen molar-refractivity contribution >= 4 is 17.5 Å². The first-order valence-electron chi connectivity index (χ1n) is 14.4. The molecule has 3 heterocycles. The number of amides is 1. The van der Waals surface area contributed by atoms with Gasteiger partial charge >= 0.3 is 0 Å². The molecule has 0 aromatic rings. The molecule has 2 aliphatic carbocycles. The van der Waals surface area contributed by atoms with Crippen LogP contribution in [0.4, 0.5) is 8.78 Å². The largest absolute Gasteiger partial charge is 0.390 e. The van der Waals surface area contributed by atoms with Crippen LogP contribution in [0.1, 0.15) is 44.9 Å². The van der Waals surface area contributed by atoms with E-state index in [-0.39, 0.29) is 61.0 Å². The highest BCUT2D eigenvalue weighted by Gasteiger charge is 2.46. The van der Waals surface area contributed by atoms with Crippen LogP contribution < -0.4 is 21.3 Å². The predicted octanol–water partition coefficient (Wildman–Crippen LogP) is 0.847. The molecule has 3 aliphatic heterocycles. The number of piperidine rings is 2. The molecule has 5 rings (SSSR count). The smallest absolute Gasteiger partial charge is 0.251 e. The molecule has 0 bridgehead atoms. The van der Waals surface area contributed by atoms with Crippen LogP contribution in [0.3, 0.4) is 0 Å². The maximum absolute atomic E-state index is 13.1. The summed E-state index contributed by atoms with van der Waals surface area (Å²) in [7, 11) is 0. The number of halogens is 3. The summed E-state index contributed by atoms with van der Waals surface area (Å²) < 4.78 is 37.9. The number of alkyl halides is 3. The van der Waals surface area contributed by atoms with Crippen molar-refractivity contribution in [3.63, 3.8) is 0 Å². The molecule has 7 unspecified atom stereocenters. The normalized spacial score (nSPS) is 38.8. The zero-order valence-corrected chi connectivity index (χ0v) is 22.8. The van der Waals surface area contributed by atoms with E-state index < -0.39 is 12.0 Å². The molecule has 0 aromatic carbocycles. The number of hydrogen-bond donors (Lipinski definition) is 5. The Hall–Kier alpha value is -0.660. The standard InChI is InChI=1S/C26H44ClF2N5O4/c27-24-21-4-6-34(12-17(21)1-2-22(24)37-14-20-11-30-15-38-20)13-19(35)10-32-25(36)16-3-5-31-23(7-16)33-18-8-26(28,29)9-18/h16-24,30-31,33,35H,1-15H2,(H,32,36)/t16?,17?,19-,20?,21?,22?,23?,24?/m0/s1. The molecule has 5 aliphatic rings. The average Bonchev–Trinajstić information content (AvgIpc) is 3.40. The van der Waals surface area contributed by atoms with Crippen molar-refractivity contribution in [1.82, 2.24) is 26.2 Å². The Morgan fingerprint density at radius 3 is 2.87 bits per heavy atom. The number of β-amino-alcohol motifs (C(OH)–C–C–N with tert-alkyl or cyclic N) is 1. The first-order valence-corrected chi connectivity index (χ1v) is 14.8. The Bertz CT molecular complexity index is 787. The second kappa shape index (κ2) is 12.9. The van der Waals surface area contributed by atoms with Crippen molar-refractivity contribution in [2.75, 3.05) is 52.6 Å². The number of nitrogens with one attached hydrogen (secondary N) is 4. The molecule has 0 radical (unpaired) electrons. The van der Waals surface area contributed by atoms with E-state index in [0.717, 1.165) is 38.9 Å². The van der Waals surface area contributed by atoms with Gasteiger partial charge in [0.25, 0.3) is 5.92 Å². The minimum atomic E-state index is -2.56. The summed E-state index contributed by atoms with van der Waals surface area (Å²) >= 11 is 6.88. The van der Waals surface area contributed by atoms with Crippen LogP contribution in [0.15, 0.2) is 0 Å². The van der Waals surface area contributed by atoms with Gasteiger partial charge in [0, 0.05) is 51.0 Å². The van der Waals surface area contributed by atoms with E-state index in [1.165, 1.54) is 0 Å². The number of nitrogens with zero attached hydrogens (tertiary/aromatic N) is 1. The van der Waals surface area contributed by atoms with Gasteiger partial charge in [0.05, 0.1) is 43.2 Å². The number of aliphatic hydroxyl groups excluding tert-OH is 1. The monoisotopic (exact) mass is 563 g/mol. The van der Waals surface area contributed by atoms with E-state index in [4.69, 9.17) is 21.1 Å². The van der Waals surface area contributed by atoms with E-state index in [2.05, 4.69) is 26.2 Å². The molecule has 5 N–H and O–H groups in total. The predicted molar refractivity (Wildman–Crippen MR) is 139 cm³/mol. The zero-order valence-electron chi connectivity index (χ0n) is 22.1. The SMILES string of the molecule is O=C(NC[C@H](O)CN1CCC2C(CCC(OCC3CNCO3)C2Cl)C1)C1CCNC(NC2CC(F)(F)C2)C1. The minimum absolute atomic E-state index is 0.00134. The van der Waals surface area contributed by atoms with Crippen LogP contribution in [0.5, 0.6) is 0 Å². The van der Waals surface area contributed by atoms with Crippen molar-refractivity contribution in [3.8, 4) is 0 Å². The third kappa shape index (κ3) is 7.54. The minimum Gasteiger partial charge on any atom is -0.390 e. The first-order chi connectivity index (χ1) is 18.3. The molecule has 12 heteroatoms. The van der Waals surface area contributed by atoms with Crippen molar-refractivity contribution in [2.24, 2.45) is 17.8 Å². The van der Waals surface area contributed by atoms with Gasteiger partial charge in [0.15, 0.2) is 0 Å². The van der Waals surface area contributed by atoms with Crippen molar-refractivity contribution < 1.29 is 28.2 Å². The molecule has 0 spiro atoms. The van der Waals surface area contributed by atoms with Gasteiger partial charge in [0.2, 0.25) is 5.91 Å². The number of carbonyl (C=O) groups is 1. The van der Waals surface area contributed by atoms with Crippen LogP contribution in [-0.2, 0) is 14.3 Å². The molecular formula is C26H44ClF2N5O4. The molecule has 218 valence electrons. The van der Waals surface area contributed by atoms with Crippen LogP contribution in [0.25, 0.3) is 0 Å². The summed E-state index contributed by atoms with van der Waals surface area (Å²) in [6.07, 6.45) is 3.37. The number of hydrogen-bond acceptors (Lipinski definition) is 8. The quantitative estimate of drug-likeness (QED) is 0.249. The van der Waals surface area contributed by atoms with Gasteiger partial charge in [-0.15, -0.1) is 11.6 Å². The zero-order chi connectivity index (χ0) is 26.7. The number of likely N-dealkylation sites (tertiary alicyclic amines) is 1. The van der Waals surface area contributed by atoms with Crippen LogP contribution >= 0.6 is 11.6 Å². The van der Waals surface area contributed by atoms with E-state index in [1.54, 1.807) is 0 Å². The Labute approximate surface area is 229 Å². The van der Waals surface area contributed by atoms with Crippen LogP contribution in [-0.4, -0.2) is 110 Å². The van der Waals surface area contributed by atoms with Gasteiger partial charge in [-0.2, -0.15) is 0 Å². The molecular weight excluding hydrogens is 520 g/mol. The summed E-state index contributed by atoms with van der Waals surface area (Å²) in [6.45, 7) is 5.17. The van der Waals surface area contributed by atoms with Crippen molar-refractivity contribution in [3.05, 3.63) is 0 Å². The van der Waals surface area contributed by atoms with Gasteiger partial charge in [-0.25, -0.2) is 8.78 Å². The maximum Gasteiger partial charge on any atom is 0.251 e. The first kappa shape index (κ1) is 28.9. The molecule has 1 amide bonds. The molecule has 5 fully saturated rings. The average molecular weight is 564 g/mol.